The summed E-state index contributed by atoms with van der Waals surface area (Å²) in [6.07, 6.45) is 1.48. The largest absolute Gasteiger partial charge is 0.340 e. The molecule has 2 N–H and O–H groups in total. The van der Waals surface area contributed by atoms with Gasteiger partial charge < -0.3 is 10.6 Å². The Kier molecular flexibility index (Phi) is 6.23. The smallest absolute Gasteiger partial charge is 0.251 e. The van der Waals surface area contributed by atoms with Gasteiger partial charge in [-0.2, -0.15) is 0 Å². The number of aryl methyl sites for hydroxylation is 1. The zero-order chi connectivity index (χ0) is 21.0. The van der Waals surface area contributed by atoms with Crippen LogP contribution < -0.4 is 10.6 Å². The number of tetrazole rings is 1. The lowest BCUT2D eigenvalue weighted by Gasteiger charge is -2.22. The molecule has 0 aliphatic rings. The summed E-state index contributed by atoms with van der Waals surface area (Å²) in [6, 6.07) is 11.2. The van der Waals surface area contributed by atoms with Gasteiger partial charge in [-0.1, -0.05) is 31.5 Å². The zero-order valence-electron chi connectivity index (χ0n) is 16.3. The van der Waals surface area contributed by atoms with Crippen LogP contribution in [0.4, 0.5) is 5.69 Å². The van der Waals surface area contributed by atoms with E-state index in [0.717, 1.165) is 11.3 Å². The molecule has 0 aliphatic heterocycles. The highest BCUT2D eigenvalue weighted by molar-refractivity contribution is 6.30. The predicted octanol–water partition coefficient (Wildman–Crippen LogP) is 3.02. The van der Waals surface area contributed by atoms with Gasteiger partial charge in [0.2, 0.25) is 5.91 Å². The monoisotopic (exact) mass is 412 g/mol. The van der Waals surface area contributed by atoms with Crippen molar-refractivity contribution < 1.29 is 9.59 Å². The zero-order valence-corrected chi connectivity index (χ0v) is 17.0. The van der Waals surface area contributed by atoms with E-state index in [4.69, 9.17) is 11.6 Å². The number of carbonyl (C=O) groups excluding carboxylic acids is 2. The lowest BCUT2D eigenvalue weighted by atomic mass is 10.0. The highest BCUT2D eigenvalue weighted by Crippen LogP contribution is 2.19. The molecule has 29 heavy (non-hydrogen) atoms. The number of benzene rings is 2. The summed E-state index contributed by atoms with van der Waals surface area (Å²) in [5, 5.41) is 17.4. The van der Waals surface area contributed by atoms with Crippen molar-refractivity contribution in [2.75, 3.05) is 5.32 Å². The second-order valence-corrected chi connectivity index (χ2v) is 7.38. The molecule has 9 heteroatoms. The van der Waals surface area contributed by atoms with Crippen molar-refractivity contribution in [3.8, 4) is 5.69 Å². The number of halogens is 1. The van der Waals surface area contributed by atoms with Crippen LogP contribution in [0.5, 0.6) is 0 Å². The highest BCUT2D eigenvalue weighted by Gasteiger charge is 2.25. The van der Waals surface area contributed by atoms with E-state index in [1.807, 2.05) is 26.8 Å². The Morgan fingerprint density at radius 2 is 1.83 bits per heavy atom. The fraction of sp³-hybridized carbons (Fsp3) is 0.250. The second-order valence-electron chi connectivity index (χ2n) is 6.95. The van der Waals surface area contributed by atoms with Gasteiger partial charge in [0.1, 0.15) is 12.4 Å². The first-order valence-corrected chi connectivity index (χ1v) is 9.44. The van der Waals surface area contributed by atoms with Crippen molar-refractivity contribution in [3.63, 3.8) is 0 Å². The van der Waals surface area contributed by atoms with Crippen molar-refractivity contribution in [3.05, 3.63) is 64.9 Å². The Labute approximate surface area is 173 Å². The van der Waals surface area contributed by atoms with Crippen molar-refractivity contribution in [2.45, 2.75) is 26.8 Å². The average Bonchev–Trinajstić information content (AvgIpc) is 3.22. The topological polar surface area (TPSA) is 102 Å². The average molecular weight is 413 g/mol. The van der Waals surface area contributed by atoms with E-state index in [1.54, 1.807) is 36.4 Å². The molecule has 1 unspecified atom stereocenters. The van der Waals surface area contributed by atoms with Gasteiger partial charge >= 0.3 is 0 Å². The Hall–Kier alpha value is -3.26. The van der Waals surface area contributed by atoms with Crippen molar-refractivity contribution in [1.29, 1.82) is 0 Å². The number of amides is 2. The lowest BCUT2D eigenvalue weighted by Crippen LogP contribution is -2.47. The molecular formula is C20H21ClN6O2. The maximum atomic E-state index is 12.9. The van der Waals surface area contributed by atoms with Gasteiger partial charge in [-0.25, -0.2) is 4.68 Å². The predicted molar refractivity (Wildman–Crippen MR) is 110 cm³/mol. The van der Waals surface area contributed by atoms with Crippen LogP contribution in [-0.2, 0) is 4.79 Å². The van der Waals surface area contributed by atoms with Gasteiger partial charge in [-0.3, -0.25) is 9.59 Å². The molecule has 0 spiro atoms. The van der Waals surface area contributed by atoms with Gasteiger partial charge in [0, 0.05) is 16.3 Å². The molecule has 1 aromatic heterocycles. The molecule has 1 atom stereocenters. The first-order valence-electron chi connectivity index (χ1n) is 9.06. The van der Waals surface area contributed by atoms with Crippen LogP contribution >= 0.6 is 11.6 Å². The van der Waals surface area contributed by atoms with Gasteiger partial charge in [0.05, 0.1) is 5.69 Å². The molecule has 2 amide bonds. The summed E-state index contributed by atoms with van der Waals surface area (Å²) in [5.74, 6) is -0.765. The van der Waals surface area contributed by atoms with Crippen LogP contribution in [0, 0.1) is 12.8 Å². The quantitative estimate of drug-likeness (QED) is 0.648. The van der Waals surface area contributed by atoms with Crippen molar-refractivity contribution in [2.24, 2.45) is 5.92 Å². The number of nitrogens with zero attached hydrogens (tertiary/aromatic N) is 4. The van der Waals surface area contributed by atoms with E-state index in [-0.39, 0.29) is 17.7 Å². The molecular weight excluding hydrogens is 392 g/mol. The lowest BCUT2D eigenvalue weighted by molar-refractivity contribution is -0.118. The van der Waals surface area contributed by atoms with Gasteiger partial charge in [0.25, 0.3) is 5.91 Å². The fourth-order valence-corrected chi connectivity index (χ4v) is 2.91. The minimum Gasteiger partial charge on any atom is -0.340 e. The third kappa shape index (κ3) is 4.97. The number of carbonyl (C=O) groups is 2. The molecule has 0 saturated carbocycles. The van der Waals surface area contributed by atoms with Gasteiger partial charge in [-0.15, -0.1) is 5.10 Å². The number of hydrogen-bond acceptors (Lipinski definition) is 5. The summed E-state index contributed by atoms with van der Waals surface area (Å²) < 4.78 is 1.52. The molecule has 3 rings (SSSR count). The van der Waals surface area contributed by atoms with E-state index in [2.05, 4.69) is 26.2 Å². The molecule has 150 valence electrons. The van der Waals surface area contributed by atoms with Crippen LogP contribution in [-0.4, -0.2) is 38.1 Å². The molecule has 3 aromatic rings. The Morgan fingerprint density at radius 1 is 1.10 bits per heavy atom. The molecule has 0 saturated heterocycles. The van der Waals surface area contributed by atoms with E-state index in [0.29, 0.717) is 16.3 Å². The summed E-state index contributed by atoms with van der Waals surface area (Å²) in [4.78, 5) is 25.4. The molecule has 2 aromatic carbocycles. The summed E-state index contributed by atoms with van der Waals surface area (Å²) in [7, 11) is 0. The third-order valence-electron chi connectivity index (χ3n) is 4.41. The standard InChI is InChI=1S/C20H21ClN6O2/c1-12(2)18(24-19(28)14-5-7-15(21)8-6-14)20(29)23-16-9-4-13(3)17(10-16)27-11-22-25-26-27/h4-12,18H,1-3H3,(H,23,29)(H,24,28). The van der Waals surface area contributed by atoms with Gasteiger partial charge in [0.15, 0.2) is 0 Å². The molecule has 0 radical (unpaired) electrons. The summed E-state index contributed by atoms with van der Waals surface area (Å²) >= 11 is 5.86. The SMILES string of the molecule is Cc1ccc(NC(=O)C(NC(=O)c2ccc(Cl)cc2)C(C)C)cc1-n1cnnn1. The molecule has 0 aliphatic carbocycles. The molecule has 1 heterocycles. The maximum absolute atomic E-state index is 12.9. The molecule has 8 nitrogen and oxygen atoms in total. The minimum atomic E-state index is -0.712. The van der Waals surface area contributed by atoms with E-state index in [9.17, 15) is 9.59 Å². The van der Waals surface area contributed by atoms with Crippen LogP contribution in [0.3, 0.4) is 0 Å². The number of aromatic nitrogens is 4. The van der Waals surface area contributed by atoms with Gasteiger partial charge in [-0.05, 0) is 65.2 Å². The third-order valence-corrected chi connectivity index (χ3v) is 4.67. The maximum Gasteiger partial charge on any atom is 0.251 e. The summed E-state index contributed by atoms with van der Waals surface area (Å²) in [6.45, 7) is 5.66. The Bertz CT molecular complexity index is 1000. The number of hydrogen-bond donors (Lipinski definition) is 2. The van der Waals surface area contributed by atoms with E-state index in [1.165, 1.54) is 11.0 Å². The minimum absolute atomic E-state index is 0.115. The van der Waals surface area contributed by atoms with E-state index < -0.39 is 6.04 Å². The van der Waals surface area contributed by atoms with E-state index >= 15 is 0 Å². The normalized spacial score (nSPS) is 11.9. The van der Waals surface area contributed by atoms with Crippen molar-refractivity contribution in [1.82, 2.24) is 25.5 Å². The Morgan fingerprint density at radius 3 is 2.45 bits per heavy atom. The highest BCUT2D eigenvalue weighted by atomic mass is 35.5. The number of anilines is 1. The van der Waals surface area contributed by atoms with Crippen molar-refractivity contribution >= 4 is 29.1 Å². The second kappa shape index (κ2) is 8.83. The molecule has 0 fully saturated rings. The van der Waals surface area contributed by atoms with Crippen LogP contribution in [0.1, 0.15) is 29.8 Å². The Balaban J connectivity index is 1.75. The van der Waals surface area contributed by atoms with Crippen LogP contribution in [0.15, 0.2) is 48.8 Å². The number of rotatable bonds is 6. The first-order chi connectivity index (χ1) is 13.8. The summed E-state index contributed by atoms with van der Waals surface area (Å²) in [5.41, 5.74) is 2.72. The number of nitrogens with one attached hydrogen (secondary N) is 2. The fourth-order valence-electron chi connectivity index (χ4n) is 2.79. The van der Waals surface area contributed by atoms with Crippen LogP contribution in [0.25, 0.3) is 5.69 Å². The molecule has 0 bridgehead atoms. The van der Waals surface area contributed by atoms with Crippen LogP contribution in [0.2, 0.25) is 5.02 Å². The first kappa shape index (κ1) is 20.5.